The largest absolute Gasteiger partial charge is 0.481 e. The lowest BCUT2D eigenvalue weighted by Crippen LogP contribution is -2.59. The molecule has 0 bridgehead atoms. The van der Waals surface area contributed by atoms with Crippen molar-refractivity contribution in [1.29, 1.82) is 0 Å². The molecular weight excluding hydrogens is 503 g/mol. The molecule has 36 heavy (non-hydrogen) atoms. The van der Waals surface area contributed by atoms with Crippen molar-refractivity contribution in [1.82, 2.24) is 14.9 Å². The lowest BCUT2D eigenvalue weighted by atomic mass is 9.55. The van der Waals surface area contributed by atoms with Gasteiger partial charge in [0.25, 0.3) is 0 Å². The van der Waals surface area contributed by atoms with Crippen molar-refractivity contribution in [3.63, 3.8) is 0 Å². The number of pyridine rings is 1. The number of carboxylic acid groups (broad SMARTS) is 1. The van der Waals surface area contributed by atoms with Gasteiger partial charge in [0.1, 0.15) is 33.1 Å². The number of anilines is 2. The first-order valence-electron chi connectivity index (χ1n) is 11.7. The Morgan fingerprint density at radius 2 is 2.08 bits per heavy atom. The first-order valence-corrected chi connectivity index (χ1v) is 13.0. The summed E-state index contributed by atoms with van der Waals surface area (Å²) in [5.41, 5.74) is 0.199. The number of rotatable bonds is 7. The first-order chi connectivity index (χ1) is 16.9. The maximum Gasteiger partial charge on any atom is 0.310 e. The van der Waals surface area contributed by atoms with Crippen molar-refractivity contribution in [3.05, 3.63) is 69.3 Å². The molecule has 2 aromatic heterocycles. The lowest BCUT2D eigenvalue weighted by molar-refractivity contribution is -0.154. The molecular formula is C24H27B2ClF2N4O2S. The fourth-order valence-electron chi connectivity index (χ4n) is 5.24. The molecule has 12 heteroatoms. The van der Waals surface area contributed by atoms with Gasteiger partial charge in [-0.15, -0.1) is 11.3 Å². The van der Waals surface area contributed by atoms with Crippen LogP contribution in [0.4, 0.5) is 19.7 Å². The van der Waals surface area contributed by atoms with E-state index in [-0.39, 0.29) is 36.0 Å². The number of likely N-dealkylation sites (tertiary alicyclic amines) is 1. The van der Waals surface area contributed by atoms with Crippen LogP contribution in [0, 0.1) is 24.0 Å². The van der Waals surface area contributed by atoms with E-state index in [0.717, 1.165) is 5.69 Å². The Hall–Kier alpha value is -2.49. The highest BCUT2D eigenvalue weighted by molar-refractivity contribution is 7.13. The summed E-state index contributed by atoms with van der Waals surface area (Å²) in [6.07, 6.45) is 0.478. The molecule has 1 aliphatic rings. The van der Waals surface area contributed by atoms with Crippen molar-refractivity contribution in [2.45, 2.75) is 44.5 Å². The number of carboxylic acids is 1. The molecule has 0 spiro atoms. The SMILES string of the molecule is BC(B)(c1cccc(Cl)c1F)N1CCC(Cc2nc(Nc3nc(C)cs3)ccc2F)(C(=O)O)CC1C. The van der Waals surface area contributed by atoms with Crippen LogP contribution in [-0.2, 0) is 16.6 Å². The third-order valence-corrected chi connectivity index (χ3v) is 8.28. The van der Waals surface area contributed by atoms with Crippen molar-refractivity contribution >= 4 is 55.5 Å². The second-order valence-electron chi connectivity index (χ2n) is 9.96. The number of halogens is 3. The van der Waals surface area contributed by atoms with Crippen molar-refractivity contribution in [2.24, 2.45) is 5.41 Å². The monoisotopic (exact) mass is 530 g/mol. The number of nitrogens with one attached hydrogen (secondary N) is 1. The van der Waals surface area contributed by atoms with Gasteiger partial charge in [0, 0.05) is 17.8 Å². The molecule has 0 radical (unpaired) electrons. The highest BCUT2D eigenvalue weighted by Gasteiger charge is 2.48. The third-order valence-electron chi connectivity index (χ3n) is 7.11. The zero-order chi connectivity index (χ0) is 26.3. The van der Waals surface area contributed by atoms with E-state index in [1.165, 1.54) is 29.5 Å². The van der Waals surface area contributed by atoms with Gasteiger partial charge in [-0.05, 0) is 62.3 Å². The van der Waals surface area contributed by atoms with E-state index in [4.69, 9.17) is 11.6 Å². The number of hydrogen-bond donors (Lipinski definition) is 2. The number of piperidine rings is 1. The summed E-state index contributed by atoms with van der Waals surface area (Å²) in [7, 11) is 3.81. The molecule has 2 atom stereocenters. The van der Waals surface area contributed by atoms with E-state index >= 15 is 0 Å². The molecule has 3 heterocycles. The maximum atomic E-state index is 14.9. The average Bonchev–Trinajstić information content (AvgIpc) is 3.22. The average molecular weight is 531 g/mol. The standard InChI is InChI=1S/C24H27B2ClF2N4O2S/c1-13-12-36-22(30-13)32-19-7-6-17(28)18(31-19)11-23(21(34)35)8-9-33(14(2)10-23)24(25,26)15-4-3-5-16(27)20(15)29/h3-7,12,14H,8-11,25-26H2,1-2H3,(H,34,35)(H,30,31,32). The summed E-state index contributed by atoms with van der Waals surface area (Å²) in [6.45, 7) is 4.19. The van der Waals surface area contributed by atoms with Crippen LogP contribution in [0.15, 0.2) is 35.7 Å². The van der Waals surface area contributed by atoms with Crippen LogP contribution in [0.1, 0.15) is 36.7 Å². The second-order valence-corrected chi connectivity index (χ2v) is 11.2. The fourth-order valence-corrected chi connectivity index (χ4v) is 6.11. The Bertz CT molecular complexity index is 1290. The minimum Gasteiger partial charge on any atom is -0.481 e. The molecule has 1 fully saturated rings. The van der Waals surface area contributed by atoms with Crippen LogP contribution in [0.25, 0.3) is 0 Å². The third kappa shape index (κ3) is 5.14. The molecule has 2 N–H and O–H groups in total. The van der Waals surface area contributed by atoms with E-state index in [1.807, 2.05) is 34.9 Å². The number of aromatic nitrogens is 2. The van der Waals surface area contributed by atoms with Crippen LogP contribution < -0.4 is 5.32 Å². The zero-order valence-corrected chi connectivity index (χ0v) is 22.2. The number of nitrogens with zero attached hydrogens (tertiary/aromatic N) is 3. The number of carbonyl (C=O) groups is 1. The summed E-state index contributed by atoms with van der Waals surface area (Å²) in [5, 5.41) is 15.2. The number of aryl methyl sites for hydroxylation is 1. The Labute approximate surface area is 219 Å². The lowest BCUT2D eigenvalue weighted by Gasteiger charge is -2.51. The van der Waals surface area contributed by atoms with Gasteiger partial charge in [-0.2, -0.15) is 0 Å². The molecule has 2 unspecified atom stereocenters. The number of hydrogen-bond acceptors (Lipinski definition) is 6. The van der Waals surface area contributed by atoms with Crippen LogP contribution in [-0.4, -0.2) is 54.2 Å². The zero-order valence-electron chi connectivity index (χ0n) is 20.6. The van der Waals surface area contributed by atoms with Gasteiger partial charge in [-0.25, -0.2) is 18.7 Å². The van der Waals surface area contributed by atoms with Gasteiger partial charge in [-0.1, -0.05) is 23.7 Å². The summed E-state index contributed by atoms with van der Waals surface area (Å²) >= 11 is 7.44. The Morgan fingerprint density at radius 1 is 1.33 bits per heavy atom. The molecule has 1 saturated heterocycles. The van der Waals surface area contributed by atoms with Gasteiger partial charge in [0.2, 0.25) is 0 Å². The first kappa shape index (κ1) is 26.6. The Kier molecular flexibility index (Phi) is 7.46. The molecule has 1 aliphatic heterocycles. The maximum absolute atomic E-state index is 14.9. The molecule has 4 rings (SSSR count). The van der Waals surface area contributed by atoms with Gasteiger partial charge in [0.05, 0.1) is 21.8 Å². The minimum atomic E-state index is -1.21. The van der Waals surface area contributed by atoms with E-state index in [2.05, 4.69) is 20.2 Å². The molecule has 188 valence electrons. The highest BCUT2D eigenvalue weighted by atomic mass is 35.5. The molecule has 1 aromatic carbocycles. The smallest absolute Gasteiger partial charge is 0.310 e. The van der Waals surface area contributed by atoms with Crippen molar-refractivity contribution in [3.8, 4) is 0 Å². The summed E-state index contributed by atoms with van der Waals surface area (Å²) in [4.78, 5) is 23.4. The van der Waals surface area contributed by atoms with E-state index in [9.17, 15) is 18.7 Å². The van der Waals surface area contributed by atoms with E-state index in [1.54, 1.807) is 12.1 Å². The molecule has 0 amide bonds. The van der Waals surface area contributed by atoms with E-state index in [0.29, 0.717) is 23.1 Å². The van der Waals surface area contributed by atoms with Gasteiger partial charge in [0.15, 0.2) is 5.13 Å². The van der Waals surface area contributed by atoms with Crippen molar-refractivity contribution < 1.29 is 18.7 Å². The Morgan fingerprint density at radius 3 is 2.72 bits per heavy atom. The van der Waals surface area contributed by atoms with E-state index < -0.39 is 28.4 Å². The van der Waals surface area contributed by atoms with Crippen LogP contribution >= 0.6 is 22.9 Å². The number of thiazole rings is 1. The van der Waals surface area contributed by atoms with Gasteiger partial charge in [-0.3, -0.25) is 4.79 Å². The summed E-state index contributed by atoms with van der Waals surface area (Å²) in [6, 6.07) is 7.51. The number of benzene rings is 1. The Balaban J connectivity index is 1.58. The normalized spacial score (nSPS) is 20.9. The molecule has 0 saturated carbocycles. The minimum absolute atomic E-state index is 0.0491. The fraction of sp³-hybridized carbons (Fsp3) is 0.375. The quantitative estimate of drug-likeness (QED) is 0.454. The molecule has 3 aromatic rings. The van der Waals surface area contributed by atoms with Crippen LogP contribution in [0.3, 0.4) is 0 Å². The van der Waals surface area contributed by atoms with Crippen LogP contribution in [0.5, 0.6) is 0 Å². The second kappa shape index (κ2) is 10.1. The predicted molar refractivity (Wildman–Crippen MR) is 144 cm³/mol. The highest BCUT2D eigenvalue weighted by Crippen LogP contribution is 2.42. The summed E-state index contributed by atoms with van der Waals surface area (Å²) < 4.78 is 29.7. The summed E-state index contributed by atoms with van der Waals surface area (Å²) in [5.74, 6) is -1.61. The van der Waals surface area contributed by atoms with Crippen LogP contribution in [0.2, 0.25) is 5.02 Å². The van der Waals surface area contributed by atoms with Gasteiger partial charge < -0.3 is 15.3 Å². The topological polar surface area (TPSA) is 78.4 Å². The number of aliphatic carboxylic acids is 1. The predicted octanol–water partition coefficient (Wildman–Crippen LogP) is 3.70. The van der Waals surface area contributed by atoms with Gasteiger partial charge >= 0.3 is 5.97 Å². The molecule has 6 nitrogen and oxygen atoms in total. The molecule has 0 aliphatic carbocycles. The van der Waals surface area contributed by atoms with Crippen molar-refractivity contribution in [2.75, 3.05) is 11.9 Å².